The molecule has 2 fully saturated rings. The lowest BCUT2D eigenvalue weighted by molar-refractivity contribution is 0.0757. The van der Waals surface area contributed by atoms with Crippen LogP contribution >= 0.6 is 0 Å². The molecule has 0 bridgehead atoms. The summed E-state index contributed by atoms with van der Waals surface area (Å²) < 4.78 is 5.80. The largest absolute Gasteiger partial charge is 0.394 e. The van der Waals surface area contributed by atoms with E-state index in [2.05, 4.69) is 19.2 Å². The molecule has 0 amide bonds. The molecule has 0 radical (unpaired) electrons. The molecule has 118 valence electrons. The smallest absolute Gasteiger partial charge is 0.0616 e. The zero-order valence-electron chi connectivity index (χ0n) is 13.4. The van der Waals surface area contributed by atoms with Crippen LogP contribution in [-0.4, -0.2) is 36.5 Å². The lowest BCUT2D eigenvalue weighted by Crippen LogP contribution is -2.52. The quantitative estimate of drug-likeness (QED) is 0.605. The van der Waals surface area contributed by atoms with E-state index in [-0.39, 0.29) is 5.54 Å². The molecule has 3 nitrogen and oxygen atoms in total. The van der Waals surface area contributed by atoms with Crippen LogP contribution in [0.1, 0.15) is 65.2 Å². The summed E-state index contributed by atoms with van der Waals surface area (Å²) in [5.41, 5.74) is 0.00244. The van der Waals surface area contributed by atoms with Crippen molar-refractivity contribution in [3.63, 3.8) is 0 Å². The van der Waals surface area contributed by atoms with Crippen LogP contribution in [0.3, 0.4) is 0 Å². The van der Waals surface area contributed by atoms with Crippen LogP contribution in [0.2, 0.25) is 0 Å². The topological polar surface area (TPSA) is 41.5 Å². The Kier molecular flexibility index (Phi) is 6.31. The van der Waals surface area contributed by atoms with Gasteiger partial charge in [-0.15, -0.1) is 0 Å². The van der Waals surface area contributed by atoms with Gasteiger partial charge < -0.3 is 15.2 Å². The van der Waals surface area contributed by atoms with Gasteiger partial charge >= 0.3 is 0 Å². The normalized spacial score (nSPS) is 30.3. The number of rotatable bonds is 10. The van der Waals surface area contributed by atoms with Crippen LogP contribution in [0.15, 0.2) is 0 Å². The van der Waals surface area contributed by atoms with Crippen molar-refractivity contribution < 1.29 is 9.84 Å². The fourth-order valence-electron chi connectivity index (χ4n) is 3.56. The maximum Gasteiger partial charge on any atom is 0.0616 e. The van der Waals surface area contributed by atoms with Crippen molar-refractivity contribution in [1.29, 1.82) is 0 Å². The van der Waals surface area contributed by atoms with Crippen LogP contribution < -0.4 is 5.32 Å². The molecule has 0 aromatic heterocycles. The summed E-state index contributed by atoms with van der Waals surface area (Å²) in [5, 5.41) is 13.6. The Morgan fingerprint density at radius 2 is 2.05 bits per heavy atom. The number of aliphatic hydroxyl groups is 1. The third-order valence-corrected chi connectivity index (χ3v) is 4.99. The van der Waals surface area contributed by atoms with Gasteiger partial charge in [0, 0.05) is 24.8 Å². The van der Waals surface area contributed by atoms with Crippen LogP contribution in [0, 0.1) is 11.8 Å². The first kappa shape index (κ1) is 16.3. The Balaban J connectivity index is 1.65. The first-order chi connectivity index (χ1) is 9.66. The van der Waals surface area contributed by atoms with E-state index in [1.807, 2.05) is 0 Å². The zero-order chi connectivity index (χ0) is 14.4. The Hall–Kier alpha value is -0.120. The highest BCUT2D eigenvalue weighted by molar-refractivity contribution is 5.02. The molecule has 0 spiro atoms. The van der Waals surface area contributed by atoms with Gasteiger partial charge in [-0.25, -0.2) is 0 Å². The van der Waals surface area contributed by atoms with Gasteiger partial charge in [-0.1, -0.05) is 20.3 Å². The minimum Gasteiger partial charge on any atom is -0.394 e. The van der Waals surface area contributed by atoms with Gasteiger partial charge in [0.25, 0.3) is 0 Å². The van der Waals surface area contributed by atoms with Crippen LogP contribution in [0.25, 0.3) is 0 Å². The van der Waals surface area contributed by atoms with Gasteiger partial charge in [0.1, 0.15) is 0 Å². The monoisotopic (exact) mass is 283 g/mol. The Morgan fingerprint density at radius 1 is 1.25 bits per heavy atom. The maximum atomic E-state index is 9.86. The van der Waals surface area contributed by atoms with E-state index in [0.29, 0.717) is 18.6 Å². The van der Waals surface area contributed by atoms with Crippen molar-refractivity contribution in [2.75, 3.05) is 19.8 Å². The van der Waals surface area contributed by atoms with Crippen molar-refractivity contribution in [1.82, 2.24) is 5.32 Å². The van der Waals surface area contributed by atoms with Crippen molar-refractivity contribution in [3.8, 4) is 0 Å². The van der Waals surface area contributed by atoms with Gasteiger partial charge in [0.15, 0.2) is 0 Å². The second kappa shape index (κ2) is 7.77. The van der Waals surface area contributed by atoms with Gasteiger partial charge in [-0.2, -0.15) is 0 Å². The predicted octanol–water partition coefficient (Wildman–Crippen LogP) is 3.11. The number of hydrogen-bond acceptors (Lipinski definition) is 3. The van der Waals surface area contributed by atoms with Crippen LogP contribution in [-0.2, 0) is 4.74 Å². The third kappa shape index (κ3) is 4.71. The van der Waals surface area contributed by atoms with Crippen molar-refractivity contribution in [2.45, 2.75) is 76.8 Å². The minimum absolute atomic E-state index is 0.00244. The summed E-state index contributed by atoms with van der Waals surface area (Å²) in [6.07, 6.45) is 9.75. The summed E-state index contributed by atoms with van der Waals surface area (Å²) in [7, 11) is 0. The lowest BCUT2D eigenvalue weighted by atomic mass is 9.85. The highest BCUT2D eigenvalue weighted by atomic mass is 16.5. The van der Waals surface area contributed by atoms with Crippen molar-refractivity contribution >= 4 is 0 Å². The molecule has 0 saturated heterocycles. The highest BCUT2D eigenvalue weighted by Crippen LogP contribution is 2.40. The minimum atomic E-state index is 0.00244. The number of aliphatic hydroxyl groups excluding tert-OH is 1. The summed E-state index contributed by atoms with van der Waals surface area (Å²) in [6, 6.07) is 0.676. The van der Waals surface area contributed by atoms with Crippen LogP contribution in [0.5, 0.6) is 0 Å². The Bertz CT molecular complexity index is 278. The fraction of sp³-hybridized carbons (Fsp3) is 1.00. The summed E-state index contributed by atoms with van der Waals surface area (Å²) >= 11 is 0. The first-order valence-electron chi connectivity index (χ1n) is 8.62. The van der Waals surface area contributed by atoms with E-state index in [9.17, 15) is 5.11 Å². The number of nitrogens with one attached hydrogen (secondary N) is 1. The highest BCUT2D eigenvalue weighted by Gasteiger charge is 2.44. The number of ether oxygens (including phenoxy) is 1. The van der Waals surface area contributed by atoms with Crippen molar-refractivity contribution in [3.05, 3.63) is 0 Å². The molecule has 2 unspecified atom stereocenters. The van der Waals surface area contributed by atoms with E-state index in [1.54, 1.807) is 0 Å². The van der Waals surface area contributed by atoms with E-state index in [4.69, 9.17) is 4.74 Å². The fourth-order valence-corrected chi connectivity index (χ4v) is 3.56. The molecule has 0 aliphatic heterocycles. The summed E-state index contributed by atoms with van der Waals surface area (Å²) in [4.78, 5) is 0. The molecule has 20 heavy (non-hydrogen) atoms. The molecule has 2 N–H and O–H groups in total. The van der Waals surface area contributed by atoms with Crippen molar-refractivity contribution in [2.24, 2.45) is 11.8 Å². The zero-order valence-corrected chi connectivity index (χ0v) is 13.4. The molecule has 2 atom stereocenters. The molecule has 0 heterocycles. The molecule has 2 saturated carbocycles. The second-order valence-electron chi connectivity index (χ2n) is 7.26. The van der Waals surface area contributed by atoms with E-state index >= 15 is 0 Å². The predicted molar refractivity (Wildman–Crippen MR) is 82.8 cm³/mol. The Morgan fingerprint density at radius 3 is 2.70 bits per heavy atom. The lowest BCUT2D eigenvalue weighted by Gasteiger charge is -2.35. The standard InChI is InChI=1S/C17H33NO2/c1-14(2)5-4-11-20-12-9-15-6-3-10-17(15,13-19)18-16-7-8-16/h14-16,18-19H,3-13H2,1-2H3. The SMILES string of the molecule is CC(C)CCCOCCC1CCCC1(CO)NC1CC1. The average Bonchev–Trinajstić information content (AvgIpc) is 3.14. The van der Waals surface area contributed by atoms with E-state index in [1.165, 1.54) is 38.5 Å². The molecule has 2 aliphatic carbocycles. The number of hydrogen-bond donors (Lipinski definition) is 2. The van der Waals surface area contributed by atoms with Gasteiger partial charge in [-0.3, -0.25) is 0 Å². The van der Waals surface area contributed by atoms with Gasteiger partial charge in [0.2, 0.25) is 0 Å². The van der Waals surface area contributed by atoms with E-state index in [0.717, 1.165) is 32.0 Å². The first-order valence-corrected chi connectivity index (χ1v) is 8.62. The molecule has 2 rings (SSSR count). The average molecular weight is 283 g/mol. The Labute approximate surface area is 124 Å². The molecular formula is C17H33NO2. The van der Waals surface area contributed by atoms with Gasteiger partial charge in [-0.05, 0) is 56.8 Å². The second-order valence-corrected chi connectivity index (χ2v) is 7.26. The van der Waals surface area contributed by atoms with Gasteiger partial charge in [0.05, 0.1) is 6.61 Å². The molecule has 2 aliphatic rings. The molecule has 0 aromatic rings. The summed E-state index contributed by atoms with van der Waals surface area (Å²) in [5.74, 6) is 1.37. The van der Waals surface area contributed by atoms with Crippen LogP contribution in [0.4, 0.5) is 0 Å². The maximum absolute atomic E-state index is 9.86. The third-order valence-electron chi connectivity index (χ3n) is 4.99. The summed E-state index contributed by atoms with van der Waals surface area (Å²) in [6.45, 7) is 6.57. The molecular weight excluding hydrogens is 250 g/mol. The van der Waals surface area contributed by atoms with E-state index < -0.39 is 0 Å². The molecule has 0 aromatic carbocycles. The molecule has 3 heteroatoms.